The Hall–Kier alpha value is -0.530. The van der Waals surface area contributed by atoms with Crippen molar-refractivity contribution >= 4 is 5.91 Å². The summed E-state index contributed by atoms with van der Waals surface area (Å²) in [5.41, 5.74) is 0.150. The van der Waals surface area contributed by atoms with E-state index >= 15 is 0 Å². The molecule has 2 atom stereocenters. The molecule has 0 fully saturated rings. The third kappa shape index (κ3) is 8.22. The molecule has 0 aliphatic rings. The van der Waals surface area contributed by atoms with Gasteiger partial charge in [0.05, 0.1) is 0 Å². The topological polar surface area (TPSA) is 20.3 Å². The first-order valence-electron chi connectivity index (χ1n) is 10.0. The van der Waals surface area contributed by atoms with Crippen molar-refractivity contribution in [2.45, 2.75) is 98.8 Å². The Morgan fingerprint density at radius 3 is 1.74 bits per heavy atom. The summed E-state index contributed by atoms with van der Waals surface area (Å²) < 4.78 is 0. The Labute approximate surface area is 146 Å². The van der Waals surface area contributed by atoms with Gasteiger partial charge in [0, 0.05) is 20.0 Å². The largest absolute Gasteiger partial charge is 0.349 e. The Morgan fingerprint density at radius 1 is 0.870 bits per heavy atom. The molecule has 0 N–H and O–H groups in total. The Bertz CT molecular complexity index is 311. The normalized spacial score (nSPS) is 15.5. The minimum Gasteiger partial charge on any atom is -0.349 e. The van der Waals surface area contributed by atoms with Crippen molar-refractivity contribution in [1.29, 1.82) is 0 Å². The second-order valence-electron chi connectivity index (χ2n) is 8.23. The number of hydrogen-bond acceptors (Lipinski definition) is 1. The molecule has 0 rings (SSSR count). The lowest BCUT2D eigenvalue weighted by molar-refractivity contribution is -0.140. The average molecular weight is 326 g/mol. The van der Waals surface area contributed by atoms with Crippen molar-refractivity contribution in [3.05, 3.63) is 0 Å². The van der Waals surface area contributed by atoms with Gasteiger partial charge < -0.3 is 4.90 Å². The van der Waals surface area contributed by atoms with E-state index in [0.717, 1.165) is 0 Å². The Morgan fingerprint density at radius 2 is 1.30 bits per heavy atom. The number of unbranched alkanes of at least 4 members (excludes halogenated alkanes) is 6. The van der Waals surface area contributed by atoms with Crippen LogP contribution in [0.2, 0.25) is 0 Å². The maximum Gasteiger partial charge on any atom is 0.225 e. The fraction of sp³-hybridized carbons (Fsp3) is 0.952. The number of carbonyl (C=O) groups is 1. The molecule has 0 saturated carbocycles. The lowest BCUT2D eigenvalue weighted by Gasteiger charge is -2.41. The van der Waals surface area contributed by atoms with E-state index in [0.29, 0.717) is 11.8 Å². The molecule has 2 heteroatoms. The highest BCUT2D eigenvalue weighted by molar-refractivity contribution is 5.79. The first-order valence-corrected chi connectivity index (χ1v) is 10.0. The van der Waals surface area contributed by atoms with Crippen LogP contribution < -0.4 is 0 Å². The Balaban J connectivity index is 4.99. The van der Waals surface area contributed by atoms with Gasteiger partial charge >= 0.3 is 0 Å². The van der Waals surface area contributed by atoms with Crippen molar-refractivity contribution in [2.75, 3.05) is 14.1 Å². The molecule has 0 aliphatic carbocycles. The molecule has 0 aromatic carbocycles. The highest BCUT2D eigenvalue weighted by Crippen LogP contribution is 2.43. The zero-order chi connectivity index (χ0) is 17.9. The quantitative estimate of drug-likeness (QED) is 0.364. The molecular formula is C21H43NO. The Kier molecular flexibility index (Phi) is 11.6. The summed E-state index contributed by atoms with van der Waals surface area (Å²) in [7, 11) is 3.82. The average Bonchev–Trinajstić information content (AvgIpc) is 2.47. The van der Waals surface area contributed by atoms with Crippen molar-refractivity contribution in [2.24, 2.45) is 17.3 Å². The number of amides is 1. The highest BCUT2D eigenvalue weighted by atomic mass is 16.2. The molecule has 0 aliphatic heterocycles. The SMILES string of the molecule is CCCCCCCC(C)(CCCCC)C(C(=O)N(C)C)C(C)C. The zero-order valence-corrected chi connectivity index (χ0v) is 17.1. The molecule has 0 heterocycles. The second-order valence-corrected chi connectivity index (χ2v) is 8.23. The van der Waals surface area contributed by atoms with Gasteiger partial charge in [-0.2, -0.15) is 0 Å². The van der Waals surface area contributed by atoms with E-state index in [1.165, 1.54) is 64.2 Å². The number of carbonyl (C=O) groups excluding carboxylic acids is 1. The van der Waals surface area contributed by atoms with Crippen LogP contribution in [0, 0.1) is 17.3 Å². The minimum absolute atomic E-state index is 0.150. The standard InChI is InChI=1S/C21H43NO/c1-8-10-12-13-15-17-21(5,16-14-11-9-2)19(18(3)4)20(23)22(6)7/h18-19H,8-17H2,1-7H3. The van der Waals surface area contributed by atoms with Crippen LogP contribution in [0.3, 0.4) is 0 Å². The van der Waals surface area contributed by atoms with Crippen LogP contribution >= 0.6 is 0 Å². The molecule has 0 spiro atoms. The van der Waals surface area contributed by atoms with Gasteiger partial charge in [0.15, 0.2) is 0 Å². The van der Waals surface area contributed by atoms with Crippen molar-refractivity contribution in [3.8, 4) is 0 Å². The predicted molar refractivity (Wildman–Crippen MR) is 103 cm³/mol. The summed E-state index contributed by atoms with van der Waals surface area (Å²) in [5, 5.41) is 0. The van der Waals surface area contributed by atoms with Crippen molar-refractivity contribution in [1.82, 2.24) is 4.90 Å². The summed E-state index contributed by atoms with van der Waals surface area (Å²) >= 11 is 0. The monoisotopic (exact) mass is 325 g/mol. The summed E-state index contributed by atoms with van der Waals surface area (Å²) in [5.74, 6) is 0.889. The second kappa shape index (κ2) is 11.9. The zero-order valence-electron chi connectivity index (χ0n) is 17.1. The van der Waals surface area contributed by atoms with Gasteiger partial charge in [-0.25, -0.2) is 0 Å². The summed E-state index contributed by atoms with van der Waals surface area (Å²) in [6.45, 7) is 11.4. The van der Waals surface area contributed by atoms with E-state index in [4.69, 9.17) is 0 Å². The summed E-state index contributed by atoms with van der Waals surface area (Å²) in [4.78, 5) is 14.6. The van der Waals surface area contributed by atoms with Gasteiger partial charge in [-0.05, 0) is 24.2 Å². The lowest BCUT2D eigenvalue weighted by atomic mass is 9.65. The maximum atomic E-state index is 12.8. The third-order valence-electron chi connectivity index (χ3n) is 5.33. The van der Waals surface area contributed by atoms with E-state index in [9.17, 15) is 4.79 Å². The molecular weight excluding hydrogens is 282 g/mol. The maximum absolute atomic E-state index is 12.8. The molecule has 0 aromatic rings. The van der Waals surface area contributed by atoms with Gasteiger partial charge in [0.2, 0.25) is 5.91 Å². The first-order chi connectivity index (χ1) is 10.8. The fourth-order valence-electron chi connectivity index (χ4n) is 4.01. The number of hydrogen-bond donors (Lipinski definition) is 0. The van der Waals surface area contributed by atoms with E-state index in [1.54, 1.807) is 4.90 Å². The van der Waals surface area contributed by atoms with E-state index in [-0.39, 0.29) is 11.3 Å². The van der Waals surface area contributed by atoms with Gasteiger partial charge in [-0.3, -0.25) is 4.79 Å². The molecule has 0 radical (unpaired) electrons. The van der Waals surface area contributed by atoms with Crippen LogP contribution in [0.4, 0.5) is 0 Å². The van der Waals surface area contributed by atoms with Crippen LogP contribution in [-0.2, 0) is 4.79 Å². The van der Waals surface area contributed by atoms with Gasteiger partial charge in [0.25, 0.3) is 0 Å². The summed E-state index contributed by atoms with van der Waals surface area (Å²) in [6.07, 6.45) is 12.7. The molecule has 2 nitrogen and oxygen atoms in total. The minimum atomic E-state index is 0.150. The molecule has 0 saturated heterocycles. The van der Waals surface area contributed by atoms with Crippen LogP contribution in [-0.4, -0.2) is 24.9 Å². The fourth-order valence-corrected chi connectivity index (χ4v) is 4.01. The number of rotatable bonds is 13. The van der Waals surface area contributed by atoms with Crippen LogP contribution in [0.15, 0.2) is 0 Å². The van der Waals surface area contributed by atoms with E-state index < -0.39 is 0 Å². The predicted octanol–water partition coefficient (Wildman–Crippen LogP) is 6.29. The first kappa shape index (κ1) is 22.5. The van der Waals surface area contributed by atoms with Crippen LogP contribution in [0.25, 0.3) is 0 Å². The molecule has 2 unspecified atom stereocenters. The van der Waals surface area contributed by atoms with Crippen LogP contribution in [0.1, 0.15) is 98.8 Å². The molecule has 138 valence electrons. The summed E-state index contributed by atoms with van der Waals surface area (Å²) in [6, 6.07) is 0. The van der Waals surface area contributed by atoms with Gasteiger partial charge in [0.1, 0.15) is 0 Å². The smallest absolute Gasteiger partial charge is 0.225 e. The van der Waals surface area contributed by atoms with Gasteiger partial charge in [-0.1, -0.05) is 86.0 Å². The molecule has 0 bridgehead atoms. The van der Waals surface area contributed by atoms with Crippen molar-refractivity contribution in [3.63, 3.8) is 0 Å². The lowest BCUT2D eigenvalue weighted by Crippen LogP contribution is -2.43. The molecule has 23 heavy (non-hydrogen) atoms. The van der Waals surface area contributed by atoms with E-state index in [1.807, 2.05) is 14.1 Å². The van der Waals surface area contributed by atoms with Crippen LogP contribution in [0.5, 0.6) is 0 Å². The van der Waals surface area contributed by atoms with E-state index in [2.05, 4.69) is 34.6 Å². The highest BCUT2D eigenvalue weighted by Gasteiger charge is 2.40. The van der Waals surface area contributed by atoms with Crippen molar-refractivity contribution < 1.29 is 4.79 Å². The number of nitrogens with zero attached hydrogens (tertiary/aromatic N) is 1. The van der Waals surface area contributed by atoms with Gasteiger partial charge in [-0.15, -0.1) is 0 Å². The molecule has 0 aromatic heterocycles. The molecule has 1 amide bonds. The third-order valence-corrected chi connectivity index (χ3v) is 5.33.